The van der Waals surface area contributed by atoms with Crippen LogP contribution in [0.3, 0.4) is 0 Å². The molecule has 0 unspecified atom stereocenters. The Morgan fingerprint density at radius 3 is 2.73 bits per heavy atom. The van der Waals surface area contributed by atoms with Crippen molar-refractivity contribution >= 4 is 17.3 Å². The Bertz CT molecular complexity index is 352. The topological polar surface area (TPSA) is 43.1 Å². The third kappa shape index (κ3) is 3.20. The summed E-state index contributed by atoms with van der Waals surface area (Å²) >= 11 is 5.60. The Morgan fingerprint density at radius 2 is 2.20 bits per heavy atom. The van der Waals surface area contributed by atoms with Crippen LogP contribution in [0.2, 0.25) is 0 Å². The highest BCUT2D eigenvalue weighted by Crippen LogP contribution is 2.21. The first-order chi connectivity index (χ1) is 7.19. The fraction of sp³-hybridized carbons (Fsp3) is 0.455. The quantitative estimate of drug-likeness (QED) is 0.440. The Kier molecular flexibility index (Phi) is 4.56. The van der Waals surface area contributed by atoms with Crippen LogP contribution in [0.1, 0.15) is 24.5 Å². The molecule has 0 aliphatic rings. The van der Waals surface area contributed by atoms with E-state index in [0.29, 0.717) is 12.3 Å². The Hall–Kier alpha value is -1.09. The van der Waals surface area contributed by atoms with Gasteiger partial charge in [-0.1, -0.05) is 13.0 Å². The molecule has 0 bridgehead atoms. The van der Waals surface area contributed by atoms with Gasteiger partial charge >= 0.3 is 0 Å². The minimum absolute atomic E-state index is 0.215. The van der Waals surface area contributed by atoms with Crippen molar-refractivity contribution in [1.29, 1.82) is 0 Å². The van der Waals surface area contributed by atoms with Crippen LogP contribution < -0.4 is 0 Å². The molecule has 0 amide bonds. The number of rotatable bonds is 5. The molecule has 0 saturated carbocycles. The highest BCUT2D eigenvalue weighted by molar-refractivity contribution is 6.17. The standard InChI is InChI=1S/C11H14ClNO2/c1-2-10-8-9(4-3-7-12)5-6-11(10)13(14)15/h5-6,8H,2-4,7H2,1H3. The summed E-state index contributed by atoms with van der Waals surface area (Å²) in [5.74, 6) is 0.623. The van der Waals surface area contributed by atoms with Crippen molar-refractivity contribution in [3.63, 3.8) is 0 Å². The molecular weight excluding hydrogens is 214 g/mol. The first kappa shape index (κ1) is 12.0. The largest absolute Gasteiger partial charge is 0.272 e. The molecule has 1 rings (SSSR count). The van der Waals surface area contributed by atoms with Gasteiger partial charge in [-0.2, -0.15) is 0 Å². The Labute approximate surface area is 94.2 Å². The molecule has 0 aliphatic carbocycles. The molecule has 1 aromatic carbocycles. The van der Waals surface area contributed by atoms with Crippen molar-refractivity contribution in [3.8, 4) is 0 Å². The molecule has 0 spiro atoms. The van der Waals surface area contributed by atoms with E-state index >= 15 is 0 Å². The lowest BCUT2D eigenvalue weighted by atomic mass is 10.0. The number of hydrogen-bond donors (Lipinski definition) is 0. The number of benzene rings is 1. The summed E-state index contributed by atoms with van der Waals surface area (Å²) < 4.78 is 0. The van der Waals surface area contributed by atoms with E-state index in [0.717, 1.165) is 24.0 Å². The summed E-state index contributed by atoms with van der Waals surface area (Å²) in [6.07, 6.45) is 2.47. The van der Waals surface area contributed by atoms with E-state index in [1.165, 1.54) is 0 Å². The maximum atomic E-state index is 10.7. The van der Waals surface area contributed by atoms with Crippen molar-refractivity contribution < 1.29 is 4.92 Å². The molecule has 0 radical (unpaired) electrons. The lowest BCUT2D eigenvalue weighted by molar-refractivity contribution is -0.385. The molecule has 1 aromatic rings. The number of nitrogens with zero attached hydrogens (tertiary/aromatic N) is 1. The first-order valence-corrected chi connectivity index (χ1v) is 5.54. The van der Waals surface area contributed by atoms with E-state index in [-0.39, 0.29) is 10.6 Å². The number of nitro benzene ring substituents is 1. The summed E-state index contributed by atoms with van der Waals surface area (Å²) in [6.45, 7) is 1.92. The van der Waals surface area contributed by atoms with E-state index in [1.807, 2.05) is 19.1 Å². The highest BCUT2D eigenvalue weighted by atomic mass is 35.5. The zero-order valence-corrected chi connectivity index (χ0v) is 9.46. The lowest BCUT2D eigenvalue weighted by Crippen LogP contribution is -1.96. The van der Waals surface area contributed by atoms with Crippen LogP contribution in [0.25, 0.3) is 0 Å². The molecule has 0 heterocycles. The van der Waals surface area contributed by atoms with Crippen molar-refractivity contribution in [2.24, 2.45) is 0 Å². The van der Waals surface area contributed by atoms with E-state index < -0.39 is 0 Å². The van der Waals surface area contributed by atoms with E-state index in [2.05, 4.69) is 0 Å². The molecule has 82 valence electrons. The van der Waals surface area contributed by atoms with Gasteiger partial charge in [-0.15, -0.1) is 11.6 Å². The second kappa shape index (κ2) is 5.71. The van der Waals surface area contributed by atoms with Crippen molar-refractivity contribution in [3.05, 3.63) is 39.4 Å². The van der Waals surface area contributed by atoms with E-state index in [1.54, 1.807) is 6.07 Å². The van der Waals surface area contributed by atoms with Crippen molar-refractivity contribution in [2.75, 3.05) is 5.88 Å². The van der Waals surface area contributed by atoms with Crippen LogP contribution in [-0.2, 0) is 12.8 Å². The maximum absolute atomic E-state index is 10.7. The third-order valence-electron chi connectivity index (χ3n) is 2.32. The number of aryl methyl sites for hydroxylation is 2. The molecule has 3 nitrogen and oxygen atoms in total. The number of alkyl halides is 1. The van der Waals surface area contributed by atoms with Gasteiger partial charge in [-0.25, -0.2) is 0 Å². The van der Waals surface area contributed by atoms with Gasteiger partial charge in [0, 0.05) is 17.5 Å². The van der Waals surface area contributed by atoms with Crippen LogP contribution in [-0.4, -0.2) is 10.8 Å². The average Bonchev–Trinajstić information content (AvgIpc) is 2.25. The third-order valence-corrected chi connectivity index (χ3v) is 2.59. The summed E-state index contributed by atoms with van der Waals surface area (Å²) in [7, 11) is 0. The summed E-state index contributed by atoms with van der Waals surface area (Å²) in [6, 6.07) is 5.30. The summed E-state index contributed by atoms with van der Waals surface area (Å²) in [5, 5.41) is 10.7. The highest BCUT2D eigenvalue weighted by Gasteiger charge is 2.11. The van der Waals surface area contributed by atoms with Crippen LogP contribution in [0.4, 0.5) is 5.69 Å². The number of nitro groups is 1. The van der Waals surface area contributed by atoms with Crippen LogP contribution in [0.15, 0.2) is 18.2 Å². The second-order valence-corrected chi connectivity index (χ2v) is 3.74. The van der Waals surface area contributed by atoms with Gasteiger partial charge < -0.3 is 0 Å². The monoisotopic (exact) mass is 227 g/mol. The molecule has 0 aliphatic heterocycles. The van der Waals surface area contributed by atoms with Gasteiger partial charge in [-0.3, -0.25) is 10.1 Å². The Balaban J connectivity index is 2.92. The predicted octanol–water partition coefficient (Wildman–Crippen LogP) is 3.33. The molecule has 0 N–H and O–H groups in total. The number of hydrogen-bond acceptors (Lipinski definition) is 2. The first-order valence-electron chi connectivity index (χ1n) is 5.01. The molecule has 15 heavy (non-hydrogen) atoms. The predicted molar refractivity (Wildman–Crippen MR) is 61.5 cm³/mol. The SMILES string of the molecule is CCc1cc(CCCCl)ccc1[N+](=O)[O-]. The van der Waals surface area contributed by atoms with E-state index in [4.69, 9.17) is 11.6 Å². The Morgan fingerprint density at radius 1 is 1.47 bits per heavy atom. The molecule has 4 heteroatoms. The van der Waals surface area contributed by atoms with Gasteiger partial charge in [0.15, 0.2) is 0 Å². The van der Waals surface area contributed by atoms with Crippen molar-refractivity contribution in [2.45, 2.75) is 26.2 Å². The smallest absolute Gasteiger partial charge is 0.258 e. The normalized spacial score (nSPS) is 10.3. The minimum Gasteiger partial charge on any atom is -0.258 e. The summed E-state index contributed by atoms with van der Waals surface area (Å²) in [5.41, 5.74) is 2.14. The zero-order chi connectivity index (χ0) is 11.3. The van der Waals surface area contributed by atoms with E-state index in [9.17, 15) is 10.1 Å². The minimum atomic E-state index is -0.329. The fourth-order valence-corrected chi connectivity index (χ4v) is 1.66. The molecular formula is C11H14ClNO2. The molecule has 0 aromatic heterocycles. The van der Waals surface area contributed by atoms with Crippen LogP contribution >= 0.6 is 11.6 Å². The summed E-state index contributed by atoms with van der Waals surface area (Å²) in [4.78, 5) is 10.4. The zero-order valence-electron chi connectivity index (χ0n) is 8.70. The van der Waals surface area contributed by atoms with Crippen molar-refractivity contribution in [1.82, 2.24) is 0 Å². The van der Waals surface area contributed by atoms with Crippen LogP contribution in [0, 0.1) is 10.1 Å². The maximum Gasteiger partial charge on any atom is 0.272 e. The molecule has 0 fully saturated rings. The molecule has 0 atom stereocenters. The lowest BCUT2D eigenvalue weighted by Gasteiger charge is -2.03. The number of halogens is 1. The molecule has 0 saturated heterocycles. The van der Waals surface area contributed by atoms with Gasteiger partial charge in [0.05, 0.1) is 4.92 Å². The van der Waals surface area contributed by atoms with Gasteiger partial charge in [-0.05, 0) is 30.9 Å². The average molecular weight is 228 g/mol. The van der Waals surface area contributed by atoms with Gasteiger partial charge in [0.2, 0.25) is 0 Å². The van der Waals surface area contributed by atoms with Gasteiger partial charge in [0.25, 0.3) is 5.69 Å². The van der Waals surface area contributed by atoms with Crippen LogP contribution in [0.5, 0.6) is 0 Å². The second-order valence-electron chi connectivity index (χ2n) is 3.37. The fourth-order valence-electron chi connectivity index (χ4n) is 1.53. The van der Waals surface area contributed by atoms with Gasteiger partial charge in [0.1, 0.15) is 0 Å².